The van der Waals surface area contributed by atoms with Crippen LogP contribution in [0, 0.1) is 5.82 Å². The van der Waals surface area contributed by atoms with Gasteiger partial charge in [-0.15, -0.1) is 12.4 Å². The number of anilines is 1. The summed E-state index contributed by atoms with van der Waals surface area (Å²) in [5.41, 5.74) is 2.87. The summed E-state index contributed by atoms with van der Waals surface area (Å²) in [5, 5.41) is 0. The maximum absolute atomic E-state index is 12.8. The maximum atomic E-state index is 12.8. The Morgan fingerprint density at radius 3 is 1.94 bits per heavy atom. The third-order valence-corrected chi connectivity index (χ3v) is 1.68. The van der Waals surface area contributed by atoms with Crippen molar-refractivity contribution in [2.24, 2.45) is 0 Å². The Kier molecular flexibility index (Phi) is 4.10. The molecule has 0 aliphatic rings. The lowest BCUT2D eigenvalue weighted by Crippen LogP contribution is -2.34. The van der Waals surface area contributed by atoms with Crippen LogP contribution >= 0.6 is 12.4 Å². The van der Waals surface area contributed by atoms with Crippen molar-refractivity contribution in [1.82, 2.24) is 0 Å². The van der Waals surface area contributed by atoms with Crippen molar-refractivity contribution in [3.8, 4) is 0 Å². The Bertz CT molecular complexity index is 375. The molecule has 0 unspecified atom stereocenters. The predicted octanol–water partition coefficient (Wildman–Crippen LogP) is 3.48. The number of benzene rings is 1. The normalized spacial score (nSPS) is 12.1. The first-order chi connectivity index (χ1) is 6.66. The molecule has 0 saturated carbocycles. The molecule has 0 heterocycles. The Morgan fingerprint density at radius 1 is 1.00 bits per heavy atom. The van der Waals surface area contributed by atoms with Crippen molar-refractivity contribution in [2.75, 3.05) is 5.73 Å². The summed E-state index contributed by atoms with van der Waals surface area (Å²) in [4.78, 5) is 0. The number of nitrogens with two attached hydrogens (primary N) is 1. The number of halogens is 7. The highest BCUT2D eigenvalue weighted by molar-refractivity contribution is 5.85. The molecule has 2 N–H and O–H groups in total. The van der Waals surface area contributed by atoms with Crippen molar-refractivity contribution in [3.05, 3.63) is 29.6 Å². The standard InChI is InChI=1S/C8H5F6N.ClH/c9-6-2-1-4(15)3-5(6)7(10,11)8(12,13)14;/h1-3H,15H2;1H. The molecule has 8 heteroatoms. The smallest absolute Gasteiger partial charge is 0.399 e. The fourth-order valence-corrected chi connectivity index (χ4v) is 0.936. The van der Waals surface area contributed by atoms with Crippen LogP contribution in [0.15, 0.2) is 18.2 Å². The highest BCUT2D eigenvalue weighted by Crippen LogP contribution is 2.45. The summed E-state index contributed by atoms with van der Waals surface area (Å²) in [7, 11) is 0. The molecule has 0 bridgehead atoms. The van der Waals surface area contributed by atoms with Gasteiger partial charge in [0.25, 0.3) is 0 Å². The predicted molar refractivity (Wildman–Crippen MR) is 48.0 cm³/mol. The van der Waals surface area contributed by atoms with Gasteiger partial charge in [-0.1, -0.05) is 0 Å². The monoisotopic (exact) mass is 265 g/mol. The summed E-state index contributed by atoms with van der Waals surface area (Å²) in [6.07, 6.45) is -5.85. The lowest BCUT2D eigenvalue weighted by Gasteiger charge is -2.20. The van der Waals surface area contributed by atoms with E-state index < -0.39 is 23.5 Å². The van der Waals surface area contributed by atoms with E-state index >= 15 is 0 Å². The highest BCUT2D eigenvalue weighted by atomic mass is 35.5. The zero-order chi connectivity index (χ0) is 11.9. The third-order valence-electron chi connectivity index (χ3n) is 1.68. The third kappa shape index (κ3) is 2.52. The molecular weight excluding hydrogens is 260 g/mol. The molecule has 0 aliphatic carbocycles. The minimum Gasteiger partial charge on any atom is -0.399 e. The van der Waals surface area contributed by atoms with Gasteiger partial charge < -0.3 is 5.73 Å². The Labute approximate surface area is 92.6 Å². The van der Waals surface area contributed by atoms with Crippen LogP contribution in [0.4, 0.5) is 32.0 Å². The van der Waals surface area contributed by atoms with E-state index in [4.69, 9.17) is 5.73 Å². The van der Waals surface area contributed by atoms with Crippen LogP contribution in [-0.4, -0.2) is 6.18 Å². The van der Waals surface area contributed by atoms with E-state index in [1.165, 1.54) is 0 Å². The van der Waals surface area contributed by atoms with Gasteiger partial charge in [0, 0.05) is 5.69 Å². The molecule has 16 heavy (non-hydrogen) atoms. The van der Waals surface area contributed by atoms with E-state index in [0.717, 1.165) is 6.07 Å². The van der Waals surface area contributed by atoms with E-state index in [-0.39, 0.29) is 24.2 Å². The quantitative estimate of drug-likeness (QED) is 0.610. The average molecular weight is 266 g/mol. The first-order valence-electron chi connectivity index (χ1n) is 3.66. The molecule has 0 atom stereocenters. The fourth-order valence-electron chi connectivity index (χ4n) is 0.936. The van der Waals surface area contributed by atoms with Gasteiger partial charge in [0.1, 0.15) is 5.82 Å². The van der Waals surface area contributed by atoms with Crippen molar-refractivity contribution in [1.29, 1.82) is 0 Å². The lowest BCUT2D eigenvalue weighted by molar-refractivity contribution is -0.290. The Balaban J connectivity index is 0.00000225. The molecule has 1 aromatic carbocycles. The molecule has 92 valence electrons. The fraction of sp³-hybridized carbons (Fsp3) is 0.250. The largest absolute Gasteiger partial charge is 0.458 e. The zero-order valence-corrected chi connectivity index (χ0v) is 8.30. The number of alkyl halides is 5. The second-order valence-electron chi connectivity index (χ2n) is 2.81. The zero-order valence-electron chi connectivity index (χ0n) is 7.49. The first-order valence-corrected chi connectivity index (χ1v) is 3.66. The molecule has 0 spiro atoms. The minimum atomic E-state index is -5.85. The van der Waals surface area contributed by atoms with Gasteiger partial charge in [-0.25, -0.2) is 4.39 Å². The van der Waals surface area contributed by atoms with Crippen molar-refractivity contribution < 1.29 is 26.3 Å². The highest BCUT2D eigenvalue weighted by Gasteiger charge is 2.59. The van der Waals surface area contributed by atoms with Crippen LogP contribution in [0.25, 0.3) is 0 Å². The molecule has 1 aromatic rings. The van der Waals surface area contributed by atoms with Gasteiger partial charge in [-0.3, -0.25) is 0 Å². The number of hydrogen-bond donors (Lipinski definition) is 1. The molecule has 0 saturated heterocycles. The van der Waals surface area contributed by atoms with Crippen LogP contribution < -0.4 is 5.73 Å². The van der Waals surface area contributed by atoms with E-state index in [1.54, 1.807) is 0 Å². The first kappa shape index (κ1) is 14.9. The van der Waals surface area contributed by atoms with E-state index in [2.05, 4.69) is 0 Å². The molecule has 0 radical (unpaired) electrons. The number of hydrogen-bond acceptors (Lipinski definition) is 1. The molecule has 1 nitrogen and oxygen atoms in total. The lowest BCUT2D eigenvalue weighted by atomic mass is 10.1. The van der Waals surface area contributed by atoms with Crippen LogP contribution in [0.3, 0.4) is 0 Å². The second-order valence-corrected chi connectivity index (χ2v) is 2.81. The topological polar surface area (TPSA) is 26.0 Å². The van der Waals surface area contributed by atoms with Crippen LogP contribution in [0.2, 0.25) is 0 Å². The second kappa shape index (κ2) is 4.40. The van der Waals surface area contributed by atoms with Crippen molar-refractivity contribution in [2.45, 2.75) is 12.1 Å². The summed E-state index contributed by atoms with van der Waals surface area (Å²) in [5.74, 6) is -6.89. The Hall–Kier alpha value is -1.11. The molecule has 0 aliphatic heterocycles. The summed E-state index contributed by atoms with van der Waals surface area (Å²) >= 11 is 0. The van der Waals surface area contributed by atoms with Crippen molar-refractivity contribution in [3.63, 3.8) is 0 Å². The molecule has 0 aromatic heterocycles. The van der Waals surface area contributed by atoms with E-state index in [9.17, 15) is 26.3 Å². The maximum Gasteiger partial charge on any atom is 0.458 e. The van der Waals surface area contributed by atoms with E-state index in [1.807, 2.05) is 0 Å². The van der Waals surface area contributed by atoms with Crippen LogP contribution in [0.1, 0.15) is 5.56 Å². The van der Waals surface area contributed by atoms with Gasteiger partial charge in [0.05, 0.1) is 5.56 Å². The van der Waals surface area contributed by atoms with Crippen molar-refractivity contribution >= 4 is 18.1 Å². The molecule has 1 rings (SSSR count). The summed E-state index contributed by atoms with van der Waals surface area (Å²) < 4.78 is 73.7. The molecule has 0 fully saturated rings. The number of nitrogen functional groups attached to an aromatic ring is 1. The number of rotatable bonds is 1. The van der Waals surface area contributed by atoms with Gasteiger partial charge >= 0.3 is 12.1 Å². The SMILES string of the molecule is Cl.Nc1ccc(F)c(C(F)(F)C(F)(F)F)c1. The van der Waals surface area contributed by atoms with E-state index in [0.29, 0.717) is 6.07 Å². The van der Waals surface area contributed by atoms with Crippen LogP contribution in [-0.2, 0) is 5.92 Å². The van der Waals surface area contributed by atoms with Gasteiger partial charge in [0.2, 0.25) is 0 Å². The minimum absolute atomic E-state index is 0. The van der Waals surface area contributed by atoms with Gasteiger partial charge in [-0.2, -0.15) is 22.0 Å². The summed E-state index contributed by atoms with van der Waals surface area (Å²) in [6.45, 7) is 0. The summed E-state index contributed by atoms with van der Waals surface area (Å²) in [6, 6.07) is 1.62. The Morgan fingerprint density at radius 2 is 1.50 bits per heavy atom. The molecular formula is C8H6ClF6N. The van der Waals surface area contributed by atoms with Gasteiger partial charge in [-0.05, 0) is 18.2 Å². The average Bonchev–Trinajstić information content (AvgIpc) is 2.07. The molecule has 0 amide bonds. The van der Waals surface area contributed by atoms with Crippen LogP contribution in [0.5, 0.6) is 0 Å². The van der Waals surface area contributed by atoms with Gasteiger partial charge in [0.15, 0.2) is 0 Å².